The van der Waals surface area contributed by atoms with Crippen molar-refractivity contribution in [2.45, 2.75) is 6.04 Å². The number of amides is 1. The van der Waals surface area contributed by atoms with E-state index in [9.17, 15) is 4.79 Å². The first-order valence-corrected chi connectivity index (χ1v) is 4.41. The van der Waals surface area contributed by atoms with E-state index in [1.165, 1.54) is 0 Å². The van der Waals surface area contributed by atoms with Crippen molar-refractivity contribution in [3.8, 4) is 0 Å². The fourth-order valence-electron chi connectivity index (χ4n) is 1.64. The van der Waals surface area contributed by atoms with Gasteiger partial charge < -0.3 is 9.64 Å². The van der Waals surface area contributed by atoms with Gasteiger partial charge in [-0.2, -0.15) is 0 Å². The number of nitrogens with zero attached hydrogens (tertiary/aromatic N) is 2. The van der Waals surface area contributed by atoms with Crippen LogP contribution in [0.3, 0.4) is 0 Å². The van der Waals surface area contributed by atoms with Crippen molar-refractivity contribution >= 4 is 6.41 Å². The molecule has 2 rings (SSSR count). The molecule has 0 aliphatic carbocycles. The van der Waals surface area contributed by atoms with Gasteiger partial charge in [-0.05, 0) is 0 Å². The fraction of sp³-hybridized carbons (Fsp3) is 0.875. The quantitative estimate of drug-likeness (QED) is 0.507. The molecule has 4 heteroatoms. The molecule has 68 valence electrons. The molecule has 0 atom stereocenters. The van der Waals surface area contributed by atoms with Crippen LogP contribution >= 0.6 is 0 Å². The highest BCUT2D eigenvalue weighted by Crippen LogP contribution is 2.12. The minimum atomic E-state index is 0.624. The summed E-state index contributed by atoms with van der Waals surface area (Å²) in [7, 11) is 0. The number of ether oxygens (including phenoxy) is 1. The Labute approximate surface area is 72.1 Å². The standard InChI is InChI=1S/C8H14N2O2/c11-7-9-1-3-10(4-2-9)8-5-12-6-8/h7-8H,1-6H2. The van der Waals surface area contributed by atoms with E-state index in [1.54, 1.807) is 0 Å². The molecule has 0 radical (unpaired) electrons. The van der Waals surface area contributed by atoms with Crippen molar-refractivity contribution < 1.29 is 9.53 Å². The average Bonchev–Trinajstić information content (AvgIpc) is 2.03. The van der Waals surface area contributed by atoms with Gasteiger partial charge in [0.15, 0.2) is 0 Å². The number of hydrogen-bond acceptors (Lipinski definition) is 3. The summed E-state index contributed by atoms with van der Waals surface area (Å²) in [6.07, 6.45) is 0.939. The lowest BCUT2D eigenvalue weighted by molar-refractivity contribution is -0.122. The van der Waals surface area contributed by atoms with Gasteiger partial charge in [0.2, 0.25) is 6.41 Å². The van der Waals surface area contributed by atoms with E-state index in [1.807, 2.05) is 4.90 Å². The lowest BCUT2D eigenvalue weighted by atomic mass is 10.2. The second kappa shape index (κ2) is 3.41. The highest BCUT2D eigenvalue weighted by atomic mass is 16.5. The van der Waals surface area contributed by atoms with Crippen LogP contribution in [0.2, 0.25) is 0 Å². The Bertz CT molecular complexity index is 162. The smallest absolute Gasteiger partial charge is 0.209 e. The van der Waals surface area contributed by atoms with E-state index < -0.39 is 0 Å². The molecule has 0 bridgehead atoms. The molecule has 2 aliphatic heterocycles. The summed E-state index contributed by atoms with van der Waals surface area (Å²) in [5, 5.41) is 0. The van der Waals surface area contributed by atoms with Gasteiger partial charge in [-0.1, -0.05) is 0 Å². The zero-order valence-corrected chi connectivity index (χ0v) is 7.11. The lowest BCUT2D eigenvalue weighted by Gasteiger charge is -2.41. The molecular formula is C8H14N2O2. The number of carbonyl (C=O) groups excluding carboxylic acids is 1. The summed E-state index contributed by atoms with van der Waals surface area (Å²) in [6.45, 7) is 5.52. The molecule has 1 amide bonds. The largest absolute Gasteiger partial charge is 0.378 e. The van der Waals surface area contributed by atoms with Crippen LogP contribution in [-0.4, -0.2) is 61.6 Å². The zero-order valence-electron chi connectivity index (χ0n) is 7.11. The third-order valence-corrected chi connectivity index (χ3v) is 2.63. The molecule has 0 aromatic rings. The molecule has 0 saturated carbocycles. The van der Waals surface area contributed by atoms with Crippen LogP contribution in [-0.2, 0) is 9.53 Å². The first-order chi connectivity index (χ1) is 5.90. The summed E-state index contributed by atoms with van der Waals surface area (Å²) < 4.78 is 5.12. The van der Waals surface area contributed by atoms with Crippen molar-refractivity contribution in [3.05, 3.63) is 0 Å². The van der Waals surface area contributed by atoms with Gasteiger partial charge in [-0.15, -0.1) is 0 Å². The van der Waals surface area contributed by atoms with Gasteiger partial charge in [0.25, 0.3) is 0 Å². The summed E-state index contributed by atoms with van der Waals surface area (Å²) in [6, 6.07) is 0.624. The van der Waals surface area contributed by atoms with E-state index in [0.717, 1.165) is 45.8 Å². The van der Waals surface area contributed by atoms with Crippen molar-refractivity contribution in [1.82, 2.24) is 9.80 Å². The highest BCUT2D eigenvalue weighted by Gasteiger charge is 2.28. The van der Waals surface area contributed by atoms with Gasteiger partial charge in [0, 0.05) is 26.2 Å². The maximum atomic E-state index is 10.4. The van der Waals surface area contributed by atoms with Crippen LogP contribution in [0.1, 0.15) is 0 Å². The number of piperazine rings is 1. The SMILES string of the molecule is O=CN1CCN(C2COC2)CC1. The molecule has 2 aliphatic rings. The monoisotopic (exact) mass is 170 g/mol. The fourth-order valence-corrected chi connectivity index (χ4v) is 1.64. The lowest BCUT2D eigenvalue weighted by Crippen LogP contribution is -2.56. The van der Waals surface area contributed by atoms with Crippen LogP contribution < -0.4 is 0 Å². The third-order valence-electron chi connectivity index (χ3n) is 2.63. The average molecular weight is 170 g/mol. The molecule has 0 N–H and O–H groups in total. The first-order valence-electron chi connectivity index (χ1n) is 4.41. The second-order valence-electron chi connectivity index (χ2n) is 3.37. The Morgan fingerprint density at radius 1 is 1.17 bits per heavy atom. The van der Waals surface area contributed by atoms with E-state index >= 15 is 0 Å². The molecule has 0 unspecified atom stereocenters. The molecular weight excluding hydrogens is 156 g/mol. The Balaban J connectivity index is 1.77. The van der Waals surface area contributed by atoms with E-state index in [0.29, 0.717) is 6.04 Å². The molecule has 0 aromatic carbocycles. The topological polar surface area (TPSA) is 32.8 Å². The first kappa shape index (κ1) is 8.01. The molecule has 2 heterocycles. The third kappa shape index (κ3) is 1.44. The normalized spacial score (nSPS) is 26.8. The summed E-state index contributed by atoms with van der Waals surface area (Å²) in [4.78, 5) is 14.6. The molecule has 4 nitrogen and oxygen atoms in total. The number of rotatable bonds is 2. The summed E-state index contributed by atoms with van der Waals surface area (Å²) >= 11 is 0. The second-order valence-corrected chi connectivity index (χ2v) is 3.37. The van der Waals surface area contributed by atoms with Gasteiger partial charge in [-0.3, -0.25) is 9.69 Å². The Kier molecular flexibility index (Phi) is 2.28. The maximum Gasteiger partial charge on any atom is 0.209 e. The maximum absolute atomic E-state index is 10.4. The van der Waals surface area contributed by atoms with Crippen molar-refractivity contribution in [2.75, 3.05) is 39.4 Å². The molecule has 0 spiro atoms. The highest BCUT2D eigenvalue weighted by molar-refractivity contribution is 5.47. The van der Waals surface area contributed by atoms with E-state index in [2.05, 4.69) is 4.90 Å². The van der Waals surface area contributed by atoms with Gasteiger partial charge >= 0.3 is 0 Å². The van der Waals surface area contributed by atoms with Crippen molar-refractivity contribution in [1.29, 1.82) is 0 Å². The number of hydrogen-bond donors (Lipinski definition) is 0. The van der Waals surface area contributed by atoms with Crippen LogP contribution in [0.5, 0.6) is 0 Å². The minimum Gasteiger partial charge on any atom is -0.378 e. The van der Waals surface area contributed by atoms with Crippen LogP contribution in [0.4, 0.5) is 0 Å². The Morgan fingerprint density at radius 3 is 2.25 bits per heavy atom. The summed E-state index contributed by atoms with van der Waals surface area (Å²) in [5.74, 6) is 0. The predicted octanol–water partition coefficient (Wildman–Crippen LogP) is -0.841. The number of carbonyl (C=O) groups is 1. The molecule has 2 fully saturated rings. The molecule has 12 heavy (non-hydrogen) atoms. The van der Waals surface area contributed by atoms with Crippen LogP contribution in [0.15, 0.2) is 0 Å². The van der Waals surface area contributed by atoms with Crippen LogP contribution in [0, 0.1) is 0 Å². The molecule has 0 aromatic heterocycles. The van der Waals surface area contributed by atoms with E-state index in [-0.39, 0.29) is 0 Å². The van der Waals surface area contributed by atoms with Crippen molar-refractivity contribution in [2.24, 2.45) is 0 Å². The zero-order chi connectivity index (χ0) is 8.39. The van der Waals surface area contributed by atoms with Gasteiger partial charge in [-0.25, -0.2) is 0 Å². The van der Waals surface area contributed by atoms with Gasteiger partial charge in [0.05, 0.1) is 19.3 Å². The molecule has 2 saturated heterocycles. The minimum absolute atomic E-state index is 0.624. The van der Waals surface area contributed by atoms with Crippen LogP contribution in [0.25, 0.3) is 0 Å². The Hall–Kier alpha value is -0.610. The Morgan fingerprint density at radius 2 is 1.83 bits per heavy atom. The van der Waals surface area contributed by atoms with Gasteiger partial charge in [0.1, 0.15) is 0 Å². The summed E-state index contributed by atoms with van der Waals surface area (Å²) in [5.41, 5.74) is 0. The van der Waals surface area contributed by atoms with E-state index in [4.69, 9.17) is 4.74 Å². The van der Waals surface area contributed by atoms with Crippen molar-refractivity contribution in [3.63, 3.8) is 0 Å². The predicted molar refractivity (Wildman–Crippen MR) is 43.8 cm³/mol.